The molecule has 0 atom stereocenters. The van der Waals surface area contributed by atoms with E-state index in [-0.39, 0.29) is 11.5 Å². The maximum absolute atomic E-state index is 11.1. The molecule has 0 radical (unpaired) electrons. The van der Waals surface area contributed by atoms with E-state index < -0.39 is 5.91 Å². The Morgan fingerprint density at radius 2 is 1.88 bits per heavy atom. The molecule has 1 heterocycles. The molecule has 0 spiro atoms. The molecule has 0 aliphatic carbocycles. The summed E-state index contributed by atoms with van der Waals surface area (Å²) in [5.41, 5.74) is 12.1. The Bertz CT molecular complexity index is 568. The second kappa shape index (κ2) is 4.50. The van der Waals surface area contributed by atoms with Gasteiger partial charge in [0, 0.05) is 10.0 Å². The van der Waals surface area contributed by atoms with Crippen LogP contribution in [-0.4, -0.2) is 15.9 Å². The molecule has 86 valence electrons. The Morgan fingerprint density at radius 1 is 1.24 bits per heavy atom. The largest absolute Gasteiger partial charge is 0.382 e. The Kier molecular flexibility index (Phi) is 3.06. The molecule has 1 amide bonds. The number of nitrogen functional groups attached to an aromatic ring is 1. The fourth-order valence-electron chi connectivity index (χ4n) is 1.34. The second-order valence-electron chi connectivity index (χ2n) is 3.36. The second-order valence-corrected chi connectivity index (χ2v) is 4.28. The van der Waals surface area contributed by atoms with Gasteiger partial charge in [-0.2, -0.15) is 0 Å². The topological polar surface area (TPSA) is 94.9 Å². The van der Waals surface area contributed by atoms with Gasteiger partial charge in [0.15, 0.2) is 11.5 Å². The molecule has 0 aliphatic rings. The molecule has 2 rings (SSSR count). The lowest BCUT2D eigenvalue weighted by Crippen LogP contribution is -2.16. The standard InChI is InChI=1S/C11H9BrN4O/c12-7-3-1-6(2-4-7)8-5-15-10(13)9(16-8)11(14)17/h1-5H,(H2,13,15)(H2,14,17). The lowest BCUT2D eigenvalue weighted by molar-refractivity contribution is 0.0996. The van der Waals surface area contributed by atoms with Crippen LogP contribution in [0.4, 0.5) is 5.82 Å². The number of rotatable bonds is 2. The van der Waals surface area contributed by atoms with Crippen molar-refractivity contribution in [2.24, 2.45) is 5.73 Å². The highest BCUT2D eigenvalue weighted by Gasteiger charge is 2.11. The van der Waals surface area contributed by atoms with Crippen LogP contribution in [0.1, 0.15) is 10.5 Å². The summed E-state index contributed by atoms with van der Waals surface area (Å²) in [6, 6.07) is 7.46. The molecule has 17 heavy (non-hydrogen) atoms. The molecule has 1 aromatic heterocycles. The van der Waals surface area contributed by atoms with E-state index in [9.17, 15) is 4.79 Å². The molecule has 1 aromatic carbocycles. The van der Waals surface area contributed by atoms with Crippen molar-refractivity contribution in [3.05, 3.63) is 40.6 Å². The highest BCUT2D eigenvalue weighted by Crippen LogP contribution is 2.20. The fraction of sp³-hybridized carbons (Fsp3) is 0. The molecule has 0 fully saturated rings. The first-order chi connectivity index (χ1) is 8.08. The van der Waals surface area contributed by atoms with Crippen LogP contribution in [0, 0.1) is 0 Å². The van der Waals surface area contributed by atoms with Crippen LogP contribution in [0.25, 0.3) is 11.3 Å². The lowest BCUT2D eigenvalue weighted by Gasteiger charge is -2.04. The number of amides is 1. The third-order valence-corrected chi connectivity index (χ3v) is 2.70. The van der Waals surface area contributed by atoms with Gasteiger partial charge in [-0.05, 0) is 12.1 Å². The van der Waals surface area contributed by atoms with Crippen LogP contribution in [0.3, 0.4) is 0 Å². The van der Waals surface area contributed by atoms with Crippen molar-refractivity contribution in [2.75, 3.05) is 5.73 Å². The summed E-state index contributed by atoms with van der Waals surface area (Å²) in [6.07, 6.45) is 1.50. The molecule has 6 heteroatoms. The fourth-order valence-corrected chi connectivity index (χ4v) is 1.60. The first kappa shape index (κ1) is 11.5. The molecular formula is C11H9BrN4O. The summed E-state index contributed by atoms with van der Waals surface area (Å²) in [4.78, 5) is 19.1. The van der Waals surface area contributed by atoms with E-state index in [0.29, 0.717) is 5.69 Å². The minimum atomic E-state index is -0.686. The number of nitrogens with zero attached hydrogens (tertiary/aromatic N) is 2. The number of halogens is 1. The first-order valence-corrected chi connectivity index (χ1v) is 5.55. The van der Waals surface area contributed by atoms with E-state index in [1.807, 2.05) is 24.3 Å². The summed E-state index contributed by atoms with van der Waals surface area (Å²) >= 11 is 3.34. The maximum atomic E-state index is 11.1. The molecule has 0 unspecified atom stereocenters. The Morgan fingerprint density at radius 3 is 2.47 bits per heavy atom. The van der Waals surface area contributed by atoms with Gasteiger partial charge in [0.2, 0.25) is 0 Å². The highest BCUT2D eigenvalue weighted by molar-refractivity contribution is 9.10. The first-order valence-electron chi connectivity index (χ1n) is 4.76. The highest BCUT2D eigenvalue weighted by atomic mass is 79.9. The molecule has 0 saturated carbocycles. The number of benzene rings is 1. The van der Waals surface area contributed by atoms with E-state index >= 15 is 0 Å². The van der Waals surface area contributed by atoms with Crippen molar-refractivity contribution >= 4 is 27.7 Å². The SMILES string of the molecule is NC(=O)c1nc(-c2ccc(Br)cc2)cnc1N. The molecular weight excluding hydrogens is 284 g/mol. The molecule has 0 saturated heterocycles. The van der Waals surface area contributed by atoms with E-state index in [1.54, 1.807) is 0 Å². The van der Waals surface area contributed by atoms with E-state index in [2.05, 4.69) is 25.9 Å². The Balaban J connectivity index is 2.50. The molecule has 4 N–H and O–H groups in total. The predicted octanol–water partition coefficient (Wildman–Crippen LogP) is 1.59. The zero-order chi connectivity index (χ0) is 12.4. The average molecular weight is 293 g/mol. The molecule has 0 bridgehead atoms. The summed E-state index contributed by atoms with van der Waals surface area (Å²) in [7, 11) is 0. The number of anilines is 1. The van der Waals surface area contributed by atoms with Gasteiger partial charge in [-0.25, -0.2) is 9.97 Å². The number of hydrogen-bond donors (Lipinski definition) is 2. The monoisotopic (exact) mass is 292 g/mol. The van der Waals surface area contributed by atoms with Crippen LogP contribution in [0.2, 0.25) is 0 Å². The van der Waals surface area contributed by atoms with E-state index in [4.69, 9.17) is 11.5 Å². The predicted molar refractivity (Wildman–Crippen MR) is 68.1 cm³/mol. The quantitative estimate of drug-likeness (QED) is 0.879. The minimum Gasteiger partial charge on any atom is -0.382 e. The van der Waals surface area contributed by atoms with Crippen molar-refractivity contribution in [2.45, 2.75) is 0 Å². The zero-order valence-corrected chi connectivity index (χ0v) is 10.3. The minimum absolute atomic E-state index is 0.00887. The Hall–Kier alpha value is -1.95. The third kappa shape index (κ3) is 2.42. The molecule has 5 nitrogen and oxygen atoms in total. The van der Waals surface area contributed by atoms with Crippen LogP contribution in [-0.2, 0) is 0 Å². The third-order valence-electron chi connectivity index (χ3n) is 2.17. The van der Waals surface area contributed by atoms with Crippen molar-refractivity contribution in [3.63, 3.8) is 0 Å². The molecule has 0 aliphatic heterocycles. The van der Waals surface area contributed by atoms with Gasteiger partial charge >= 0.3 is 0 Å². The normalized spacial score (nSPS) is 10.2. The molecule has 2 aromatic rings. The van der Waals surface area contributed by atoms with Gasteiger partial charge in [-0.15, -0.1) is 0 Å². The number of hydrogen-bond acceptors (Lipinski definition) is 4. The number of aromatic nitrogens is 2. The van der Waals surface area contributed by atoms with Crippen LogP contribution >= 0.6 is 15.9 Å². The van der Waals surface area contributed by atoms with Gasteiger partial charge < -0.3 is 11.5 Å². The summed E-state index contributed by atoms with van der Waals surface area (Å²) < 4.78 is 0.958. The number of primary amides is 1. The summed E-state index contributed by atoms with van der Waals surface area (Å²) in [6.45, 7) is 0. The van der Waals surface area contributed by atoms with Gasteiger partial charge in [0.1, 0.15) is 0 Å². The van der Waals surface area contributed by atoms with Crippen molar-refractivity contribution < 1.29 is 4.79 Å². The zero-order valence-electron chi connectivity index (χ0n) is 8.72. The van der Waals surface area contributed by atoms with Gasteiger partial charge in [-0.3, -0.25) is 4.79 Å². The van der Waals surface area contributed by atoms with E-state index in [0.717, 1.165) is 10.0 Å². The summed E-state index contributed by atoms with van der Waals surface area (Å²) in [5, 5.41) is 0. The number of carbonyl (C=O) groups is 1. The van der Waals surface area contributed by atoms with Gasteiger partial charge in [0.05, 0.1) is 11.9 Å². The lowest BCUT2D eigenvalue weighted by atomic mass is 10.1. The number of nitrogens with two attached hydrogens (primary N) is 2. The van der Waals surface area contributed by atoms with Gasteiger partial charge in [0.25, 0.3) is 5.91 Å². The summed E-state index contributed by atoms with van der Waals surface area (Å²) in [5.74, 6) is -0.646. The Labute approximate surface area is 106 Å². The average Bonchev–Trinajstić information content (AvgIpc) is 2.30. The van der Waals surface area contributed by atoms with Gasteiger partial charge in [-0.1, -0.05) is 28.1 Å². The maximum Gasteiger partial charge on any atom is 0.271 e. The van der Waals surface area contributed by atoms with Crippen LogP contribution < -0.4 is 11.5 Å². The van der Waals surface area contributed by atoms with Crippen LogP contribution in [0.5, 0.6) is 0 Å². The van der Waals surface area contributed by atoms with Crippen LogP contribution in [0.15, 0.2) is 34.9 Å². The van der Waals surface area contributed by atoms with Crippen molar-refractivity contribution in [1.82, 2.24) is 9.97 Å². The number of carbonyl (C=O) groups excluding carboxylic acids is 1. The van der Waals surface area contributed by atoms with Crippen molar-refractivity contribution in [1.29, 1.82) is 0 Å². The smallest absolute Gasteiger partial charge is 0.271 e. The van der Waals surface area contributed by atoms with E-state index in [1.165, 1.54) is 6.20 Å². The van der Waals surface area contributed by atoms with Crippen molar-refractivity contribution in [3.8, 4) is 11.3 Å².